The third kappa shape index (κ3) is 4.07. The van der Waals surface area contributed by atoms with Crippen LogP contribution in [0.1, 0.15) is 29.8 Å². The Bertz CT molecular complexity index is 1120. The van der Waals surface area contributed by atoms with Crippen LogP contribution in [0.15, 0.2) is 58.3 Å². The van der Waals surface area contributed by atoms with E-state index in [2.05, 4.69) is 10.4 Å². The van der Waals surface area contributed by atoms with E-state index in [1.165, 1.54) is 16.4 Å². The van der Waals surface area contributed by atoms with E-state index in [0.29, 0.717) is 29.5 Å². The summed E-state index contributed by atoms with van der Waals surface area (Å²) in [7, 11) is -3.75. The molecule has 29 heavy (non-hydrogen) atoms. The van der Waals surface area contributed by atoms with Crippen molar-refractivity contribution in [2.45, 2.75) is 24.4 Å². The Balaban J connectivity index is 1.57. The smallest absolute Gasteiger partial charge is 0.291 e. The first-order chi connectivity index (χ1) is 13.9. The van der Waals surface area contributed by atoms with Crippen molar-refractivity contribution in [1.29, 1.82) is 0 Å². The molecular formula is C19H19ClN4O4S. The first-order valence-corrected chi connectivity index (χ1v) is 11.0. The van der Waals surface area contributed by atoms with Gasteiger partial charge < -0.3 is 9.73 Å². The lowest BCUT2D eigenvalue weighted by molar-refractivity contribution is 0.0991. The van der Waals surface area contributed by atoms with Crippen molar-refractivity contribution in [2.75, 3.05) is 18.4 Å². The quantitative estimate of drug-likeness (QED) is 0.662. The normalized spacial score (nSPS) is 15.3. The summed E-state index contributed by atoms with van der Waals surface area (Å²) >= 11 is 6.07. The van der Waals surface area contributed by atoms with Crippen LogP contribution in [0.4, 0.5) is 5.69 Å². The number of anilines is 1. The van der Waals surface area contributed by atoms with Crippen molar-refractivity contribution in [3.8, 4) is 5.69 Å². The predicted octanol–water partition coefficient (Wildman–Crippen LogP) is 3.55. The molecule has 0 radical (unpaired) electrons. The fourth-order valence-corrected chi connectivity index (χ4v) is 4.82. The molecule has 1 amide bonds. The highest BCUT2D eigenvalue weighted by Crippen LogP contribution is 2.26. The summed E-state index contributed by atoms with van der Waals surface area (Å²) in [6, 6.07) is 9.41. The predicted molar refractivity (Wildman–Crippen MR) is 108 cm³/mol. The number of nitrogens with one attached hydrogen (secondary N) is 1. The van der Waals surface area contributed by atoms with E-state index in [1.54, 1.807) is 41.3 Å². The number of nitrogens with zero attached hydrogens (tertiary/aromatic N) is 3. The highest BCUT2D eigenvalue weighted by Gasteiger charge is 2.29. The Morgan fingerprint density at radius 3 is 2.66 bits per heavy atom. The van der Waals surface area contributed by atoms with E-state index < -0.39 is 15.9 Å². The minimum absolute atomic E-state index is 0.105. The van der Waals surface area contributed by atoms with E-state index in [0.717, 1.165) is 19.3 Å². The highest BCUT2D eigenvalue weighted by atomic mass is 35.5. The van der Waals surface area contributed by atoms with Gasteiger partial charge in [-0.3, -0.25) is 4.79 Å². The van der Waals surface area contributed by atoms with Crippen molar-refractivity contribution >= 4 is 33.2 Å². The van der Waals surface area contributed by atoms with Crippen LogP contribution in [0.5, 0.6) is 0 Å². The van der Waals surface area contributed by atoms with Gasteiger partial charge in [0.15, 0.2) is 5.76 Å². The van der Waals surface area contributed by atoms with Gasteiger partial charge in [0, 0.05) is 30.5 Å². The number of furan rings is 1. The molecule has 152 valence electrons. The minimum Gasteiger partial charge on any atom is -0.438 e. The number of benzene rings is 1. The molecule has 0 saturated carbocycles. The number of amides is 1. The van der Waals surface area contributed by atoms with E-state index in [4.69, 9.17) is 16.0 Å². The molecule has 1 aliphatic heterocycles. The second kappa shape index (κ2) is 8.02. The van der Waals surface area contributed by atoms with Gasteiger partial charge in [0.25, 0.3) is 15.9 Å². The lowest BCUT2D eigenvalue weighted by Crippen LogP contribution is -2.35. The molecule has 1 aliphatic rings. The fraction of sp³-hybridized carbons (Fsp3) is 0.263. The van der Waals surface area contributed by atoms with Gasteiger partial charge in [0.2, 0.25) is 5.09 Å². The molecule has 3 heterocycles. The van der Waals surface area contributed by atoms with E-state index in [-0.39, 0.29) is 10.9 Å². The van der Waals surface area contributed by atoms with Crippen molar-refractivity contribution in [1.82, 2.24) is 14.1 Å². The lowest BCUT2D eigenvalue weighted by Gasteiger charge is -2.24. The van der Waals surface area contributed by atoms with Crippen molar-refractivity contribution in [3.05, 3.63) is 59.6 Å². The maximum absolute atomic E-state index is 12.7. The van der Waals surface area contributed by atoms with Crippen LogP contribution >= 0.6 is 11.6 Å². The molecular weight excluding hydrogens is 416 g/mol. The topological polar surface area (TPSA) is 97.4 Å². The fourth-order valence-electron chi connectivity index (χ4n) is 3.22. The molecule has 0 aliphatic carbocycles. The molecule has 0 unspecified atom stereocenters. The molecule has 0 atom stereocenters. The summed E-state index contributed by atoms with van der Waals surface area (Å²) in [6.07, 6.45) is 5.99. The first kappa shape index (κ1) is 19.7. The van der Waals surface area contributed by atoms with Crippen molar-refractivity contribution in [3.63, 3.8) is 0 Å². The molecule has 1 fully saturated rings. The van der Waals surface area contributed by atoms with Gasteiger partial charge in [-0.15, -0.1) is 0 Å². The molecule has 1 saturated heterocycles. The molecule has 3 aromatic rings. The highest BCUT2D eigenvalue weighted by molar-refractivity contribution is 7.89. The Hall–Kier alpha value is -2.62. The summed E-state index contributed by atoms with van der Waals surface area (Å²) in [5.41, 5.74) is 1.03. The van der Waals surface area contributed by atoms with E-state index in [1.807, 2.05) is 0 Å². The second-order valence-corrected chi connectivity index (χ2v) is 8.95. The van der Waals surface area contributed by atoms with Crippen molar-refractivity contribution < 1.29 is 17.6 Å². The second-order valence-electron chi connectivity index (χ2n) is 6.65. The number of hydrogen-bond acceptors (Lipinski definition) is 5. The first-order valence-electron chi connectivity index (χ1n) is 9.16. The van der Waals surface area contributed by atoms with Crippen LogP contribution in [-0.2, 0) is 10.0 Å². The number of carbonyl (C=O) groups is 1. The van der Waals surface area contributed by atoms with Gasteiger partial charge in [-0.2, -0.15) is 9.40 Å². The molecule has 0 bridgehead atoms. The van der Waals surface area contributed by atoms with Gasteiger partial charge in [-0.1, -0.05) is 18.0 Å². The number of rotatable bonds is 5. The molecule has 4 rings (SSSR count). The summed E-state index contributed by atoms with van der Waals surface area (Å²) in [4.78, 5) is 12.7. The van der Waals surface area contributed by atoms with Crippen LogP contribution in [0.3, 0.4) is 0 Å². The maximum atomic E-state index is 12.7. The Labute approximate surface area is 173 Å². The summed E-state index contributed by atoms with van der Waals surface area (Å²) in [5, 5.41) is 7.07. The zero-order chi connectivity index (χ0) is 20.4. The van der Waals surface area contributed by atoms with Gasteiger partial charge in [-0.25, -0.2) is 13.1 Å². The number of piperidine rings is 1. The number of carbonyl (C=O) groups excluding carboxylic acids is 1. The molecule has 8 nitrogen and oxygen atoms in total. The third-order valence-corrected chi connectivity index (χ3v) is 6.68. The number of sulfonamides is 1. The lowest BCUT2D eigenvalue weighted by atomic mass is 10.2. The van der Waals surface area contributed by atoms with Crippen LogP contribution < -0.4 is 5.32 Å². The Morgan fingerprint density at radius 1 is 1.14 bits per heavy atom. The third-order valence-electron chi connectivity index (χ3n) is 4.67. The summed E-state index contributed by atoms with van der Waals surface area (Å²) in [6.45, 7) is 0.917. The molecule has 1 aromatic carbocycles. The molecule has 0 spiro atoms. The van der Waals surface area contributed by atoms with Gasteiger partial charge in [0.05, 0.1) is 11.4 Å². The average Bonchev–Trinajstić information content (AvgIpc) is 3.41. The SMILES string of the molecule is O=C(Nc1cc(Cl)ccc1-n1cccn1)c1ccc(S(=O)(=O)N2CCCCC2)o1. The number of aromatic nitrogens is 2. The summed E-state index contributed by atoms with van der Waals surface area (Å²) in [5.74, 6) is -0.687. The maximum Gasteiger partial charge on any atom is 0.291 e. The van der Waals surface area contributed by atoms with Crippen LogP contribution in [-0.4, -0.2) is 41.5 Å². The minimum atomic E-state index is -3.75. The Kier molecular flexibility index (Phi) is 5.44. The zero-order valence-electron chi connectivity index (χ0n) is 15.4. The average molecular weight is 435 g/mol. The van der Waals surface area contributed by atoms with Gasteiger partial charge in [0.1, 0.15) is 0 Å². The van der Waals surface area contributed by atoms with Gasteiger partial charge >= 0.3 is 0 Å². The van der Waals surface area contributed by atoms with Gasteiger partial charge in [-0.05, 0) is 49.2 Å². The molecule has 10 heteroatoms. The van der Waals surface area contributed by atoms with E-state index >= 15 is 0 Å². The standard InChI is InChI=1S/C19H19ClN4O4S/c20-14-5-6-16(24-12-4-9-21-24)15(13-14)22-19(25)17-7-8-18(28-17)29(26,27)23-10-2-1-3-11-23/h4-9,12-13H,1-3,10-11H2,(H,22,25). The van der Waals surface area contributed by atoms with E-state index in [9.17, 15) is 13.2 Å². The summed E-state index contributed by atoms with van der Waals surface area (Å²) < 4.78 is 33.8. The molecule has 2 aromatic heterocycles. The van der Waals surface area contributed by atoms with Crippen LogP contribution in [0, 0.1) is 0 Å². The number of halogens is 1. The van der Waals surface area contributed by atoms with Crippen LogP contribution in [0.2, 0.25) is 5.02 Å². The number of hydrogen-bond donors (Lipinski definition) is 1. The zero-order valence-corrected chi connectivity index (χ0v) is 17.0. The Morgan fingerprint density at radius 2 is 1.93 bits per heavy atom. The van der Waals surface area contributed by atoms with Crippen molar-refractivity contribution in [2.24, 2.45) is 0 Å². The monoisotopic (exact) mass is 434 g/mol. The molecule has 1 N–H and O–H groups in total. The van der Waals surface area contributed by atoms with Crippen LogP contribution in [0.25, 0.3) is 5.69 Å². The largest absolute Gasteiger partial charge is 0.438 e.